The zero-order valence-corrected chi connectivity index (χ0v) is 17.7. The highest BCUT2D eigenvalue weighted by Gasteiger charge is 2.29. The summed E-state index contributed by atoms with van der Waals surface area (Å²) in [5, 5.41) is 2.59. The minimum absolute atomic E-state index is 0.0148. The highest BCUT2D eigenvalue weighted by molar-refractivity contribution is 7.90. The Hall–Kier alpha value is -2.50. The monoisotopic (exact) mass is 438 g/mol. The van der Waals surface area contributed by atoms with Crippen molar-refractivity contribution in [2.45, 2.75) is 18.7 Å². The number of nitrogens with zero attached hydrogens (tertiary/aromatic N) is 2. The summed E-state index contributed by atoms with van der Waals surface area (Å²) in [5.74, 6) is -0.566. The highest BCUT2D eigenvalue weighted by Crippen LogP contribution is 2.18. The molecule has 2 heterocycles. The summed E-state index contributed by atoms with van der Waals surface area (Å²) in [6, 6.07) is 5.16. The van der Waals surface area contributed by atoms with Gasteiger partial charge in [0.05, 0.1) is 16.2 Å². The maximum atomic E-state index is 12.5. The summed E-state index contributed by atoms with van der Waals surface area (Å²) >= 11 is 0. The van der Waals surface area contributed by atoms with Crippen LogP contribution in [0.2, 0.25) is 0 Å². The second kappa shape index (κ2) is 8.09. The summed E-state index contributed by atoms with van der Waals surface area (Å²) in [4.78, 5) is 14.3. The molecule has 2 aliphatic heterocycles. The van der Waals surface area contributed by atoms with Crippen molar-refractivity contribution in [3.63, 3.8) is 0 Å². The second-order valence-electron chi connectivity index (χ2n) is 6.74. The van der Waals surface area contributed by atoms with E-state index in [0.29, 0.717) is 5.56 Å². The molecule has 0 saturated heterocycles. The minimum Gasteiger partial charge on any atom is -0.351 e. The molecule has 2 aliphatic rings. The van der Waals surface area contributed by atoms with Crippen molar-refractivity contribution < 1.29 is 21.6 Å². The van der Waals surface area contributed by atoms with E-state index in [9.17, 15) is 21.6 Å². The van der Waals surface area contributed by atoms with Crippen LogP contribution < -0.4 is 10.0 Å². The van der Waals surface area contributed by atoms with Crippen molar-refractivity contribution in [3.05, 3.63) is 53.3 Å². The van der Waals surface area contributed by atoms with E-state index >= 15 is 0 Å². The Bertz CT molecular complexity index is 1130. The van der Waals surface area contributed by atoms with E-state index in [-0.39, 0.29) is 41.7 Å². The molecule has 0 unspecified atom stereocenters. The lowest BCUT2D eigenvalue weighted by atomic mass is 10.1. The molecule has 2 N–H and O–H groups in total. The third-order valence-corrected chi connectivity index (χ3v) is 7.19. The molecule has 0 bridgehead atoms. The number of fused-ring (bicyclic) bond motifs is 1. The molecule has 156 valence electrons. The van der Waals surface area contributed by atoms with E-state index in [2.05, 4.69) is 14.4 Å². The van der Waals surface area contributed by atoms with Crippen LogP contribution in [0.3, 0.4) is 0 Å². The van der Waals surface area contributed by atoms with Crippen molar-refractivity contribution in [1.82, 2.24) is 14.9 Å². The van der Waals surface area contributed by atoms with Crippen molar-refractivity contribution in [2.75, 3.05) is 25.4 Å². The molecule has 0 aromatic heterocycles. The number of hydrogen-bond donors (Lipinski definition) is 2. The normalized spacial score (nSPS) is 17.9. The van der Waals surface area contributed by atoms with Crippen LogP contribution in [0.1, 0.15) is 11.1 Å². The molecule has 1 amide bonds. The third-order valence-electron chi connectivity index (χ3n) is 4.44. The molecule has 1 aromatic rings. The van der Waals surface area contributed by atoms with Gasteiger partial charge in [-0.15, -0.1) is 4.40 Å². The standard InChI is InChI=1S/C18H22N4O5S2/c1-13-5-6-14(2)16(12-13)29(26,27)20-8-7-19-18(23)15-4-3-9-22-10-11-28(24,25)21-17(15)22/h3-6,9,12,20H,7-8,10-11H2,1-2H3,(H,19,23). The van der Waals surface area contributed by atoms with Crippen LogP contribution in [0.4, 0.5) is 0 Å². The highest BCUT2D eigenvalue weighted by atomic mass is 32.2. The summed E-state index contributed by atoms with van der Waals surface area (Å²) in [5.41, 5.74) is 1.57. The molecule has 0 radical (unpaired) electrons. The fraction of sp³-hybridized carbons (Fsp3) is 0.333. The predicted molar refractivity (Wildman–Crippen MR) is 109 cm³/mol. The smallest absolute Gasteiger partial charge is 0.256 e. The summed E-state index contributed by atoms with van der Waals surface area (Å²) in [6.45, 7) is 3.76. The van der Waals surface area contributed by atoms with Gasteiger partial charge in [0.15, 0.2) is 5.84 Å². The maximum absolute atomic E-state index is 12.5. The second-order valence-corrected chi connectivity index (χ2v) is 10.2. The fourth-order valence-electron chi connectivity index (χ4n) is 2.92. The average molecular weight is 439 g/mol. The van der Waals surface area contributed by atoms with Gasteiger partial charge in [-0.2, -0.15) is 0 Å². The van der Waals surface area contributed by atoms with E-state index in [1.165, 1.54) is 6.08 Å². The zero-order valence-electron chi connectivity index (χ0n) is 16.0. The van der Waals surface area contributed by atoms with Crippen molar-refractivity contribution in [1.29, 1.82) is 0 Å². The molecule has 1 aromatic carbocycles. The van der Waals surface area contributed by atoms with Gasteiger partial charge in [0.25, 0.3) is 15.9 Å². The Morgan fingerprint density at radius 1 is 1.24 bits per heavy atom. The maximum Gasteiger partial charge on any atom is 0.256 e. The van der Waals surface area contributed by atoms with Crippen LogP contribution in [-0.4, -0.2) is 58.9 Å². The largest absolute Gasteiger partial charge is 0.351 e. The molecular formula is C18H22N4O5S2. The van der Waals surface area contributed by atoms with Gasteiger partial charge >= 0.3 is 0 Å². The summed E-state index contributed by atoms with van der Waals surface area (Å²) in [6.07, 6.45) is 4.77. The topological polar surface area (TPSA) is 125 Å². The number of hydrogen-bond acceptors (Lipinski definition) is 6. The van der Waals surface area contributed by atoms with Gasteiger partial charge in [-0.1, -0.05) is 12.1 Å². The lowest BCUT2D eigenvalue weighted by Gasteiger charge is -2.28. The van der Waals surface area contributed by atoms with Gasteiger partial charge in [-0.3, -0.25) is 4.79 Å². The molecule has 0 spiro atoms. The molecule has 9 nitrogen and oxygen atoms in total. The molecule has 29 heavy (non-hydrogen) atoms. The van der Waals surface area contributed by atoms with Gasteiger partial charge in [-0.25, -0.2) is 21.6 Å². The van der Waals surface area contributed by atoms with E-state index in [1.54, 1.807) is 36.2 Å². The van der Waals surface area contributed by atoms with Gasteiger partial charge in [-0.05, 0) is 43.2 Å². The Labute approximate surface area is 170 Å². The predicted octanol–water partition coefficient (Wildman–Crippen LogP) is 0.196. The van der Waals surface area contributed by atoms with Crippen LogP contribution in [0.5, 0.6) is 0 Å². The number of rotatable bonds is 6. The Morgan fingerprint density at radius 2 is 2.00 bits per heavy atom. The zero-order chi connectivity index (χ0) is 21.2. The molecule has 0 fully saturated rings. The van der Waals surface area contributed by atoms with Crippen LogP contribution in [-0.2, 0) is 24.8 Å². The molecular weight excluding hydrogens is 416 g/mol. The first-order chi connectivity index (χ1) is 13.6. The Morgan fingerprint density at radius 3 is 2.76 bits per heavy atom. The number of amides is 1. The van der Waals surface area contributed by atoms with Gasteiger partial charge in [0, 0.05) is 25.8 Å². The number of carbonyl (C=O) groups is 1. The molecule has 0 saturated carbocycles. The Balaban J connectivity index is 1.61. The first kappa shape index (κ1) is 21.2. The minimum atomic E-state index is -3.71. The van der Waals surface area contributed by atoms with E-state index in [1.807, 2.05) is 13.0 Å². The molecule has 0 atom stereocenters. The first-order valence-electron chi connectivity index (χ1n) is 8.92. The van der Waals surface area contributed by atoms with E-state index in [4.69, 9.17) is 0 Å². The number of carbonyl (C=O) groups excluding carboxylic acids is 1. The number of amidine groups is 1. The van der Waals surface area contributed by atoms with Crippen LogP contribution in [0.15, 0.2) is 51.4 Å². The number of allylic oxidation sites excluding steroid dienone is 2. The molecule has 0 aliphatic carbocycles. The first-order valence-corrected chi connectivity index (χ1v) is 12.0. The summed E-state index contributed by atoms with van der Waals surface area (Å²) < 4.78 is 54.6. The fourth-order valence-corrected chi connectivity index (χ4v) is 5.27. The lowest BCUT2D eigenvalue weighted by Crippen LogP contribution is -2.43. The van der Waals surface area contributed by atoms with E-state index < -0.39 is 26.0 Å². The van der Waals surface area contributed by atoms with Gasteiger partial charge in [0.2, 0.25) is 10.0 Å². The van der Waals surface area contributed by atoms with Crippen molar-refractivity contribution >= 4 is 31.8 Å². The van der Waals surface area contributed by atoms with Gasteiger partial charge < -0.3 is 10.2 Å². The van der Waals surface area contributed by atoms with E-state index in [0.717, 1.165) is 5.56 Å². The van der Waals surface area contributed by atoms with Gasteiger partial charge in [0.1, 0.15) is 0 Å². The quantitative estimate of drug-likeness (QED) is 0.611. The van der Waals surface area contributed by atoms with Crippen LogP contribution in [0, 0.1) is 13.8 Å². The Kier molecular flexibility index (Phi) is 5.92. The number of nitrogens with one attached hydrogen (secondary N) is 2. The lowest BCUT2D eigenvalue weighted by molar-refractivity contribution is -0.117. The molecule has 11 heteroatoms. The van der Waals surface area contributed by atoms with Crippen LogP contribution >= 0.6 is 0 Å². The van der Waals surface area contributed by atoms with Crippen molar-refractivity contribution in [3.8, 4) is 0 Å². The molecule has 3 rings (SSSR count). The number of benzene rings is 1. The SMILES string of the molecule is Cc1ccc(C)c(S(=O)(=O)NCCNC(=O)C2=CC=CN3CCS(=O)(=O)N=C23)c1. The average Bonchev–Trinajstić information content (AvgIpc) is 2.65. The number of sulfonamides is 2. The number of aryl methyl sites for hydroxylation is 2. The third kappa shape index (κ3) is 4.92. The van der Waals surface area contributed by atoms with Crippen molar-refractivity contribution in [2.24, 2.45) is 4.40 Å². The van der Waals surface area contributed by atoms with Crippen LogP contribution in [0.25, 0.3) is 0 Å². The summed E-state index contributed by atoms with van der Waals surface area (Å²) in [7, 11) is -7.31.